The lowest BCUT2D eigenvalue weighted by Crippen LogP contribution is -2.53. The van der Waals surface area contributed by atoms with Gasteiger partial charge in [0, 0.05) is 6.42 Å². The summed E-state index contributed by atoms with van der Waals surface area (Å²) in [6.45, 7) is 2.24. The molecule has 0 spiro atoms. The second kappa shape index (κ2) is 6.00. The Kier molecular flexibility index (Phi) is 4.93. The summed E-state index contributed by atoms with van der Waals surface area (Å²) in [4.78, 5) is 22.8. The molecule has 0 saturated heterocycles. The van der Waals surface area contributed by atoms with Crippen molar-refractivity contribution in [3.05, 3.63) is 0 Å². The van der Waals surface area contributed by atoms with Crippen LogP contribution in [0.2, 0.25) is 0 Å². The molecule has 0 aromatic rings. The lowest BCUT2D eigenvalue weighted by molar-refractivity contribution is -0.147. The zero-order valence-corrected chi connectivity index (χ0v) is 10.4. The average Bonchev–Trinajstić information content (AvgIpc) is 3.07. The highest BCUT2D eigenvalue weighted by atomic mass is 16.4. The molecule has 5 nitrogen and oxygen atoms in total. The Hall–Kier alpha value is -1.10. The van der Waals surface area contributed by atoms with Gasteiger partial charge in [-0.3, -0.25) is 4.79 Å². The standard InChI is InChI=1S/C12H22N2O3/c1-12(11(16)17,9-6-7-9)14-10(15)5-3-2-4-8-13/h9H,2-8,13H2,1H3,(H,14,15)(H,16,17). The molecule has 1 aliphatic rings. The number of rotatable bonds is 8. The van der Waals surface area contributed by atoms with Crippen LogP contribution in [0.4, 0.5) is 0 Å². The summed E-state index contributed by atoms with van der Waals surface area (Å²) >= 11 is 0. The highest BCUT2D eigenvalue weighted by Gasteiger charge is 2.48. The van der Waals surface area contributed by atoms with E-state index < -0.39 is 11.5 Å². The fourth-order valence-corrected chi connectivity index (χ4v) is 1.95. The first-order valence-corrected chi connectivity index (χ1v) is 6.25. The number of hydrogen-bond donors (Lipinski definition) is 3. The van der Waals surface area contributed by atoms with Crippen molar-refractivity contribution in [3.63, 3.8) is 0 Å². The van der Waals surface area contributed by atoms with E-state index in [-0.39, 0.29) is 11.8 Å². The molecule has 4 N–H and O–H groups in total. The van der Waals surface area contributed by atoms with Crippen LogP contribution in [0.25, 0.3) is 0 Å². The van der Waals surface area contributed by atoms with Crippen molar-refractivity contribution in [2.45, 2.75) is 51.0 Å². The highest BCUT2D eigenvalue weighted by molar-refractivity contribution is 5.87. The number of aliphatic carboxylic acids is 1. The summed E-state index contributed by atoms with van der Waals surface area (Å²) in [6, 6.07) is 0. The number of nitrogens with two attached hydrogens (primary N) is 1. The molecule has 17 heavy (non-hydrogen) atoms. The van der Waals surface area contributed by atoms with Gasteiger partial charge in [-0.25, -0.2) is 4.79 Å². The van der Waals surface area contributed by atoms with Crippen LogP contribution in [-0.2, 0) is 9.59 Å². The average molecular weight is 242 g/mol. The Bertz CT molecular complexity index is 289. The molecule has 0 aromatic carbocycles. The summed E-state index contributed by atoms with van der Waals surface area (Å²) in [6.07, 6.45) is 4.74. The molecule has 1 aliphatic carbocycles. The van der Waals surface area contributed by atoms with Crippen LogP contribution in [0.5, 0.6) is 0 Å². The van der Waals surface area contributed by atoms with E-state index in [1.54, 1.807) is 6.92 Å². The van der Waals surface area contributed by atoms with E-state index in [0.29, 0.717) is 13.0 Å². The van der Waals surface area contributed by atoms with Gasteiger partial charge in [0.25, 0.3) is 0 Å². The summed E-state index contributed by atoms with van der Waals surface area (Å²) < 4.78 is 0. The van der Waals surface area contributed by atoms with Crippen LogP contribution in [0.15, 0.2) is 0 Å². The summed E-state index contributed by atoms with van der Waals surface area (Å²) in [5, 5.41) is 11.8. The molecular formula is C12H22N2O3. The molecule has 0 aromatic heterocycles. The monoisotopic (exact) mass is 242 g/mol. The minimum Gasteiger partial charge on any atom is -0.480 e. The van der Waals surface area contributed by atoms with Crippen LogP contribution in [0.3, 0.4) is 0 Å². The van der Waals surface area contributed by atoms with Gasteiger partial charge in [0.2, 0.25) is 5.91 Å². The maximum absolute atomic E-state index is 11.7. The first-order chi connectivity index (χ1) is 8.00. The minimum absolute atomic E-state index is 0.0907. The number of carboxylic acid groups (broad SMARTS) is 1. The van der Waals surface area contributed by atoms with Crippen LogP contribution >= 0.6 is 0 Å². The molecular weight excluding hydrogens is 220 g/mol. The summed E-state index contributed by atoms with van der Waals surface area (Å²) in [5.74, 6) is -1.01. The second-order valence-corrected chi connectivity index (χ2v) is 4.93. The largest absolute Gasteiger partial charge is 0.480 e. The molecule has 0 radical (unpaired) electrons. The quantitative estimate of drug-likeness (QED) is 0.551. The van der Waals surface area contributed by atoms with Crippen molar-refractivity contribution < 1.29 is 14.7 Å². The molecule has 5 heteroatoms. The van der Waals surface area contributed by atoms with Gasteiger partial charge < -0.3 is 16.2 Å². The van der Waals surface area contributed by atoms with Crippen LogP contribution in [-0.4, -0.2) is 29.1 Å². The normalized spacial score (nSPS) is 18.5. The van der Waals surface area contributed by atoms with Crippen molar-refractivity contribution in [2.75, 3.05) is 6.54 Å². The Balaban J connectivity index is 2.35. The molecule has 98 valence electrons. The molecule has 1 rings (SSSR count). The van der Waals surface area contributed by atoms with Crippen molar-refractivity contribution in [1.82, 2.24) is 5.32 Å². The molecule has 0 aliphatic heterocycles. The van der Waals surface area contributed by atoms with Crippen molar-refractivity contribution in [2.24, 2.45) is 11.7 Å². The second-order valence-electron chi connectivity index (χ2n) is 4.93. The van der Waals surface area contributed by atoms with Gasteiger partial charge >= 0.3 is 5.97 Å². The predicted octanol–water partition coefficient (Wildman–Crippen LogP) is 0.875. The summed E-state index contributed by atoms with van der Waals surface area (Å²) in [5.41, 5.74) is 4.28. The van der Waals surface area contributed by atoms with E-state index in [1.807, 2.05) is 0 Å². The zero-order chi connectivity index (χ0) is 12.9. The Morgan fingerprint density at radius 3 is 2.47 bits per heavy atom. The van der Waals surface area contributed by atoms with Gasteiger partial charge in [0.05, 0.1) is 0 Å². The number of carboxylic acids is 1. The molecule has 1 amide bonds. The van der Waals surface area contributed by atoms with E-state index in [9.17, 15) is 14.7 Å². The molecule has 1 atom stereocenters. The Morgan fingerprint density at radius 1 is 1.35 bits per heavy atom. The SMILES string of the molecule is CC(NC(=O)CCCCCN)(C(=O)O)C1CC1. The number of amides is 1. The zero-order valence-electron chi connectivity index (χ0n) is 10.4. The maximum Gasteiger partial charge on any atom is 0.329 e. The third kappa shape index (κ3) is 4.00. The Labute approximate surface area is 102 Å². The predicted molar refractivity (Wildman–Crippen MR) is 64.4 cm³/mol. The maximum atomic E-state index is 11.7. The highest BCUT2D eigenvalue weighted by Crippen LogP contribution is 2.39. The van der Waals surface area contributed by atoms with Crippen molar-refractivity contribution in [3.8, 4) is 0 Å². The van der Waals surface area contributed by atoms with E-state index in [0.717, 1.165) is 32.1 Å². The summed E-state index contributed by atoms with van der Waals surface area (Å²) in [7, 11) is 0. The van der Waals surface area contributed by atoms with Crippen molar-refractivity contribution in [1.29, 1.82) is 0 Å². The fourth-order valence-electron chi connectivity index (χ4n) is 1.95. The van der Waals surface area contributed by atoms with Gasteiger partial charge in [0.15, 0.2) is 0 Å². The number of carbonyl (C=O) groups excluding carboxylic acids is 1. The van der Waals surface area contributed by atoms with E-state index in [1.165, 1.54) is 0 Å². The molecule has 0 heterocycles. The molecule has 1 unspecified atom stereocenters. The first-order valence-electron chi connectivity index (χ1n) is 6.25. The Morgan fingerprint density at radius 2 is 2.00 bits per heavy atom. The topological polar surface area (TPSA) is 92.4 Å². The molecule has 1 saturated carbocycles. The van der Waals surface area contributed by atoms with Gasteiger partial charge in [-0.1, -0.05) is 6.42 Å². The molecule has 0 bridgehead atoms. The number of nitrogens with one attached hydrogen (secondary N) is 1. The number of carbonyl (C=O) groups is 2. The third-order valence-corrected chi connectivity index (χ3v) is 3.35. The van der Waals surface area contributed by atoms with Crippen LogP contribution < -0.4 is 11.1 Å². The fraction of sp³-hybridized carbons (Fsp3) is 0.833. The minimum atomic E-state index is -1.08. The third-order valence-electron chi connectivity index (χ3n) is 3.35. The van der Waals surface area contributed by atoms with E-state index >= 15 is 0 Å². The van der Waals surface area contributed by atoms with Crippen LogP contribution in [0.1, 0.15) is 45.4 Å². The van der Waals surface area contributed by atoms with Gasteiger partial charge in [-0.15, -0.1) is 0 Å². The lowest BCUT2D eigenvalue weighted by atomic mass is 9.95. The number of hydrogen-bond acceptors (Lipinski definition) is 3. The van der Waals surface area contributed by atoms with Crippen molar-refractivity contribution >= 4 is 11.9 Å². The lowest BCUT2D eigenvalue weighted by Gasteiger charge is -2.26. The van der Waals surface area contributed by atoms with Gasteiger partial charge in [-0.05, 0) is 45.1 Å². The molecule has 1 fully saturated rings. The smallest absolute Gasteiger partial charge is 0.329 e. The van der Waals surface area contributed by atoms with E-state index in [2.05, 4.69) is 5.32 Å². The van der Waals surface area contributed by atoms with Gasteiger partial charge in [-0.2, -0.15) is 0 Å². The van der Waals surface area contributed by atoms with Gasteiger partial charge in [0.1, 0.15) is 5.54 Å². The number of unbranched alkanes of at least 4 members (excludes halogenated alkanes) is 2. The first kappa shape index (κ1) is 14.0. The van der Waals surface area contributed by atoms with E-state index in [4.69, 9.17) is 5.73 Å². The van der Waals surface area contributed by atoms with Crippen LogP contribution in [0, 0.1) is 5.92 Å².